The van der Waals surface area contributed by atoms with Gasteiger partial charge in [-0.3, -0.25) is 4.98 Å². The van der Waals surface area contributed by atoms with E-state index in [1.54, 1.807) is 0 Å². The Hall–Kier alpha value is -1.09. The number of hydrogen-bond donors (Lipinski definition) is 1. The number of nitrogens with one attached hydrogen (secondary N) is 1. The monoisotopic (exact) mass is 219 g/mol. The molecular formula is C13H21N3. The number of pyridine rings is 1. The highest BCUT2D eigenvalue weighted by atomic mass is 15.2. The largest absolute Gasteiger partial charge is 0.367 e. The summed E-state index contributed by atoms with van der Waals surface area (Å²) in [5.74, 6) is 0. The van der Waals surface area contributed by atoms with Crippen LogP contribution in [0, 0.1) is 0 Å². The van der Waals surface area contributed by atoms with Crippen LogP contribution in [0.25, 0.3) is 0 Å². The lowest BCUT2D eigenvalue weighted by atomic mass is 10.1. The van der Waals surface area contributed by atoms with E-state index in [4.69, 9.17) is 0 Å². The number of hydrogen-bond acceptors (Lipinski definition) is 3. The molecule has 3 heteroatoms. The van der Waals surface area contributed by atoms with Crippen LogP contribution >= 0.6 is 0 Å². The van der Waals surface area contributed by atoms with E-state index in [1.807, 2.05) is 19.4 Å². The van der Waals surface area contributed by atoms with Crippen molar-refractivity contribution >= 4 is 5.69 Å². The molecule has 1 aliphatic rings. The van der Waals surface area contributed by atoms with E-state index in [1.165, 1.54) is 37.1 Å². The fourth-order valence-corrected chi connectivity index (χ4v) is 2.59. The van der Waals surface area contributed by atoms with Crippen molar-refractivity contribution in [1.29, 1.82) is 0 Å². The van der Waals surface area contributed by atoms with E-state index < -0.39 is 0 Å². The second-order valence-corrected chi connectivity index (χ2v) is 4.43. The predicted octanol–water partition coefficient (Wildman–Crippen LogP) is 2.18. The normalized spacial score (nSPS) is 20.4. The van der Waals surface area contributed by atoms with Crippen LogP contribution in [0.4, 0.5) is 5.69 Å². The van der Waals surface area contributed by atoms with Gasteiger partial charge in [-0.05, 0) is 37.9 Å². The molecule has 0 saturated carbocycles. The van der Waals surface area contributed by atoms with Crippen LogP contribution in [-0.2, 0) is 6.54 Å². The van der Waals surface area contributed by atoms with Crippen LogP contribution in [0.2, 0.25) is 0 Å². The van der Waals surface area contributed by atoms with Gasteiger partial charge in [-0.25, -0.2) is 0 Å². The van der Waals surface area contributed by atoms with Gasteiger partial charge in [-0.1, -0.05) is 6.92 Å². The van der Waals surface area contributed by atoms with Gasteiger partial charge in [0.15, 0.2) is 0 Å². The van der Waals surface area contributed by atoms with Crippen molar-refractivity contribution in [3.05, 3.63) is 24.0 Å². The Morgan fingerprint density at radius 3 is 3.19 bits per heavy atom. The lowest BCUT2D eigenvalue weighted by molar-refractivity contribution is 0.641. The number of rotatable bonds is 4. The molecule has 1 unspecified atom stereocenters. The van der Waals surface area contributed by atoms with Gasteiger partial charge in [0.1, 0.15) is 0 Å². The lowest BCUT2D eigenvalue weighted by Gasteiger charge is -2.27. The van der Waals surface area contributed by atoms with Crippen LogP contribution < -0.4 is 10.2 Å². The molecule has 16 heavy (non-hydrogen) atoms. The molecule has 1 N–H and O–H groups in total. The van der Waals surface area contributed by atoms with Crippen molar-refractivity contribution in [3.8, 4) is 0 Å². The number of anilines is 1. The lowest BCUT2D eigenvalue weighted by Crippen LogP contribution is -2.30. The number of nitrogens with zero attached hydrogens (tertiary/aromatic N) is 2. The highest BCUT2D eigenvalue weighted by Crippen LogP contribution is 2.29. The smallest absolute Gasteiger partial charge is 0.0600 e. The maximum Gasteiger partial charge on any atom is 0.0600 e. The van der Waals surface area contributed by atoms with Gasteiger partial charge in [0, 0.05) is 25.3 Å². The summed E-state index contributed by atoms with van der Waals surface area (Å²) in [6.07, 6.45) is 7.76. The molecule has 1 aromatic heterocycles. The molecule has 0 radical (unpaired) electrons. The Morgan fingerprint density at radius 1 is 1.56 bits per heavy atom. The molecule has 1 aromatic rings. The average molecular weight is 219 g/mol. The maximum atomic E-state index is 4.27. The molecule has 0 aliphatic carbocycles. The molecule has 0 bridgehead atoms. The van der Waals surface area contributed by atoms with Crippen LogP contribution in [0.3, 0.4) is 0 Å². The quantitative estimate of drug-likeness (QED) is 0.841. The van der Waals surface area contributed by atoms with Gasteiger partial charge >= 0.3 is 0 Å². The third kappa shape index (κ3) is 2.19. The van der Waals surface area contributed by atoms with Gasteiger partial charge in [0.05, 0.1) is 11.9 Å². The summed E-state index contributed by atoms with van der Waals surface area (Å²) in [6.45, 7) is 4.38. The van der Waals surface area contributed by atoms with Gasteiger partial charge in [0.2, 0.25) is 0 Å². The minimum atomic E-state index is 0.708. The second-order valence-electron chi connectivity index (χ2n) is 4.43. The van der Waals surface area contributed by atoms with Crippen molar-refractivity contribution in [1.82, 2.24) is 10.3 Å². The van der Waals surface area contributed by atoms with Crippen molar-refractivity contribution in [3.63, 3.8) is 0 Å². The zero-order valence-electron chi connectivity index (χ0n) is 10.2. The summed E-state index contributed by atoms with van der Waals surface area (Å²) in [5.41, 5.74) is 2.68. The molecule has 3 nitrogen and oxygen atoms in total. The highest BCUT2D eigenvalue weighted by Gasteiger charge is 2.24. The molecule has 2 heterocycles. The Bertz CT molecular complexity index is 338. The summed E-state index contributed by atoms with van der Waals surface area (Å²) in [6, 6.07) is 2.83. The standard InChI is InChI=1S/C13H21N3/c1-3-12-5-4-8-16(12)13-10-15-7-6-11(13)9-14-2/h6-7,10,12,14H,3-5,8-9H2,1-2H3. The SMILES string of the molecule is CCC1CCCN1c1cnccc1CNC. The predicted molar refractivity (Wildman–Crippen MR) is 67.7 cm³/mol. The third-order valence-electron chi connectivity index (χ3n) is 3.41. The van der Waals surface area contributed by atoms with Crippen LogP contribution in [-0.4, -0.2) is 24.6 Å². The second kappa shape index (κ2) is 5.30. The minimum Gasteiger partial charge on any atom is -0.367 e. The fourth-order valence-electron chi connectivity index (χ4n) is 2.59. The van der Waals surface area contributed by atoms with E-state index >= 15 is 0 Å². The van der Waals surface area contributed by atoms with Crippen molar-refractivity contribution in [2.24, 2.45) is 0 Å². The zero-order chi connectivity index (χ0) is 11.4. The first-order valence-corrected chi connectivity index (χ1v) is 6.21. The first-order valence-electron chi connectivity index (χ1n) is 6.21. The summed E-state index contributed by atoms with van der Waals surface area (Å²) in [5, 5.41) is 3.23. The maximum absolute atomic E-state index is 4.27. The summed E-state index contributed by atoms with van der Waals surface area (Å²) in [4.78, 5) is 6.80. The molecule has 1 atom stereocenters. The van der Waals surface area contributed by atoms with E-state index in [9.17, 15) is 0 Å². The van der Waals surface area contributed by atoms with Crippen LogP contribution in [0.5, 0.6) is 0 Å². The molecule has 2 rings (SSSR count). The molecule has 1 aliphatic heterocycles. The Labute approximate surface area is 97.9 Å². The fraction of sp³-hybridized carbons (Fsp3) is 0.615. The molecule has 0 amide bonds. The number of aromatic nitrogens is 1. The van der Waals surface area contributed by atoms with Crippen molar-refractivity contribution < 1.29 is 0 Å². The van der Waals surface area contributed by atoms with Crippen molar-refractivity contribution in [2.45, 2.75) is 38.8 Å². The van der Waals surface area contributed by atoms with E-state index in [0.717, 1.165) is 6.54 Å². The molecule has 1 fully saturated rings. The summed E-state index contributed by atoms with van der Waals surface area (Å²) in [7, 11) is 1.99. The third-order valence-corrected chi connectivity index (χ3v) is 3.41. The average Bonchev–Trinajstić information content (AvgIpc) is 2.78. The summed E-state index contributed by atoms with van der Waals surface area (Å²) >= 11 is 0. The van der Waals surface area contributed by atoms with Crippen LogP contribution in [0.1, 0.15) is 31.7 Å². The first kappa shape index (κ1) is 11.4. The Morgan fingerprint density at radius 2 is 2.44 bits per heavy atom. The first-order chi connectivity index (χ1) is 7.86. The van der Waals surface area contributed by atoms with E-state index in [-0.39, 0.29) is 0 Å². The highest BCUT2D eigenvalue weighted by molar-refractivity contribution is 5.53. The van der Waals surface area contributed by atoms with Gasteiger partial charge in [-0.2, -0.15) is 0 Å². The molecule has 1 saturated heterocycles. The van der Waals surface area contributed by atoms with Gasteiger partial charge in [-0.15, -0.1) is 0 Å². The topological polar surface area (TPSA) is 28.2 Å². The Balaban J connectivity index is 2.24. The zero-order valence-corrected chi connectivity index (χ0v) is 10.2. The van der Waals surface area contributed by atoms with Crippen molar-refractivity contribution in [2.75, 3.05) is 18.5 Å². The van der Waals surface area contributed by atoms with Gasteiger partial charge in [0.25, 0.3) is 0 Å². The molecular weight excluding hydrogens is 198 g/mol. The summed E-state index contributed by atoms with van der Waals surface area (Å²) < 4.78 is 0. The molecule has 0 aromatic carbocycles. The molecule has 88 valence electrons. The van der Waals surface area contributed by atoms with Crippen LogP contribution in [0.15, 0.2) is 18.5 Å². The minimum absolute atomic E-state index is 0.708. The van der Waals surface area contributed by atoms with Gasteiger partial charge < -0.3 is 10.2 Å². The van der Waals surface area contributed by atoms with E-state index in [0.29, 0.717) is 6.04 Å². The molecule has 0 spiro atoms. The Kier molecular flexibility index (Phi) is 3.78. The van der Waals surface area contributed by atoms with E-state index in [2.05, 4.69) is 28.2 Å².